The van der Waals surface area contributed by atoms with Crippen molar-refractivity contribution in [3.8, 4) is 6.07 Å². The molecule has 0 radical (unpaired) electrons. The van der Waals surface area contributed by atoms with E-state index in [0.29, 0.717) is 10.3 Å². The first-order chi connectivity index (χ1) is 11.2. The summed E-state index contributed by atoms with van der Waals surface area (Å²) in [5.41, 5.74) is 6.68. The molecule has 1 amide bonds. The summed E-state index contributed by atoms with van der Waals surface area (Å²) in [7, 11) is 0. The minimum absolute atomic E-state index is 0.108. The minimum atomic E-state index is -0.208. The van der Waals surface area contributed by atoms with Crippen LogP contribution >= 0.6 is 23.1 Å². The van der Waals surface area contributed by atoms with Crippen molar-refractivity contribution in [2.75, 3.05) is 16.8 Å². The van der Waals surface area contributed by atoms with Gasteiger partial charge in [-0.1, -0.05) is 35.2 Å². The summed E-state index contributed by atoms with van der Waals surface area (Å²) in [6, 6.07) is 9.55. The Balaban J connectivity index is 1.61. The van der Waals surface area contributed by atoms with Crippen LogP contribution in [-0.4, -0.2) is 26.6 Å². The molecule has 0 bridgehead atoms. The van der Waals surface area contributed by atoms with Gasteiger partial charge >= 0.3 is 0 Å². The van der Waals surface area contributed by atoms with Gasteiger partial charge < -0.3 is 11.1 Å². The highest BCUT2D eigenvalue weighted by Crippen LogP contribution is 2.25. The Kier molecular flexibility index (Phi) is 4.36. The lowest BCUT2D eigenvalue weighted by Gasteiger charge is -2.02. The van der Waals surface area contributed by atoms with Gasteiger partial charge in [0.2, 0.25) is 5.91 Å². The molecule has 0 saturated carbocycles. The highest BCUT2D eigenvalue weighted by Gasteiger charge is 2.10. The van der Waals surface area contributed by atoms with E-state index in [2.05, 4.69) is 20.3 Å². The highest BCUT2D eigenvalue weighted by molar-refractivity contribution is 7.99. The second-order valence-corrected chi connectivity index (χ2v) is 6.36. The number of benzene rings is 1. The number of amides is 1. The third kappa shape index (κ3) is 3.56. The largest absolute Gasteiger partial charge is 0.382 e. The predicted molar refractivity (Wildman–Crippen MR) is 90.1 cm³/mol. The fraction of sp³-hybridized carbons (Fsp3) is 0.0714. The van der Waals surface area contributed by atoms with Crippen LogP contribution in [0.4, 0.5) is 10.9 Å². The molecule has 1 aromatic carbocycles. The average molecular weight is 342 g/mol. The summed E-state index contributed by atoms with van der Waals surface area (Å²) in [4.78, 5) is 24.3. The number of nitrogens with one attached hydrogen (secondary N) is 1. The lowest BCUT2D eigenvalue weighted by Crippen LogP contribution is -2.14. The summed E-state index contributed by atoms with van der Waals surface area (Å²) in [5, 5.41) is 12.4. The number of hydrogen-bond acceptors (Lipinski definition) is 8. The van der Waals surface area contributed by atoms with E-state index >= 15 is 0 Å². The molecule has 9 heteroatoms. The van der Waals surface area contributed by atoms with Crippen LogP contribution < -0.4 is 11.1 Å². The first kappa shape index (κ1) is 15.2. The van der Waals surface area contributed by atoms with Crippen molar-refractivity contribution >= 4 is 50.2 Å². The molecule has 3 rings (SSSR count). The van der Waals surface area contributed by atoms with Gasteiger partial charge in [-0.3, -0.25) is 4.79 Å². The molecule has 7 nitrogen and oxygen atoms in total. The molecule has 0 fully saturated rings. The van der Waals surface area contributed by atoms with E-state index in [1.807, 2.05) is 30.3 Å². The van der Waals surface area contributed by atoms with E-state index in [1.54, 1.807) is 0 Å². The summed E-state index contributed by atoms with van der Waals surface area (Å²) < 4.78 is 1.01. The normalized spacial score (nSPS) is 10.4. The van der Waals surface area contributed by atoms with Crippen LogP contribution in [0.5, 0.6) is 0 Å². The first-order valence-corrected chi connectivity index (χ1v) is 8.27. The average Bonchev–Trinajstić information content (AvgIpc) is 2.95. The zero-order valence-corrected chi connectivity index (χ0v) is 13.3. The summed E-state index contributed by atoms with van der Waals surface area (Å²) in [6.07, 6.45) is 1.34. The van der Waals surface area contributed by atoms with Crippen molar-refractivity contribution in [3.05, 3.63) is 36.0 Å². The van der Waals surface area contributed by atoms with Crippen LogP contribution in [0.2, 0.25) is 0 Å². The topological polar surface area (TPSA) is 118 Å². The van der Waals surface area contributed by atoms with Gasteiger partial charge in [0.15, 0.2) is 10.3 Å². The Hall–Kier alpha value is -2.70. The molecule has 0 spiro atoms. The van der Waals surface area contributed by atoms with Gasteiger partial charge in [0.25, 0.3) is 0 Å². The Labute approximate surface area is 139 Å². The summed E-state index contributed by atoms with van der Waals surface area (Å²) >= 11 is 2.56. The lowest BCUT2D eigenvalue weighted by molar-refractivity contribution is -0.113. The van der Waals surface area contributed by atoms with Gasteiger partial charge in [0.05, 0.1) is 22.2 Å². The van der Waals surface area contributed by atoms with E-state index in [1.165, 1.54) is 17.5 Å². The van der Waals surface area contributed by atoms with Gasteiger partial charge in [-0.05, 0) is 12.1 Å². The molecule has 2 aromatic heterocycles. The summed E-state index contributed by atoms with van der Waals surface area (Å²) in [6.45, 7) is 0. The van der Waals surface area contributed by atoms with Gasteiger partial charge in [-0.25, -0.2) is 15.0 Å². The molecule has 3 aromatic rings. The van der Waals surface area contributed by atoms with E-state index in [-0.39, 0.29) is 23.0 Å². The monoisotopic (exact) mass is 342 g/mol. The number of aromatic nitrogens is 3. The molecule has 23 heavy (non-hydrogen) atoms. The number of fused-ring (bicyclic) bond motifs is 1. The molecule has 114 valence electrons. The maximum atomic E-state index is 12.0. The fourth-order valence-corrected chi connectivity index (χ4v) is 3.25. The number of thioether (sulfide) groups is 1. The third-order valence-electron chi connectivity index (χ3n) is 2.79. The molecular formula is C14H10N6OS2. The van der Waals surface area contributed by atoms with E-state index in [9.17, 15) is 4.79 Å². The number of carbonyl (C=O) groups is 1. The van der Waals surface area contributed by atoms with Crippen molar-refractivity contribution in [3.63, 3.8) is 0 Å². The molecule has 0 atom stereocenters. The Morgan fingerprint density at radius 3 is 2.96 bits per heavy atom. The number of para-hydroxylation sites is 1. The minimum Gasteiger partial charge on any atom is -0.382 e. The number of rotatable bonds is 4. The van der Waals surface area contributed by atoms with Crippen molar-refractivity contribution in [1.29, 1.82) is 5.26 Å². The van der Waals surface area contributed by atoms with Gasteiger partial charge in [-0.2, -0.15) is 5.26 Å². The standard InChI is InChI=1S/C14H10N6OS2/c15-5-8-6-17-13(20-12(8)16)22-7-11(21)19-14-18-9-3-1-2-4-10(9)23-14/h1-4,6H,7H2,(H2,16,17,20)(H,18,19,21). The summed E-state index contributed by atoms with van der Waals surface area (Å²) in [5.74, 6) is 0.0264. The zero-order valence-electron chi connectivity index (χ0n) is 11.7. The molecule has 0 aliphatic heterocycles. The van der Waals surface area contributed by atoms with Crippen molar-refractivity contribution in [2.45, 2.75) is 5.16 Å². The molecule has 0 aliphatic rings. The maximum absolute atomic E-state index is 12.0. The highest BCUT2D eigenvalue weighted by atomic mass is 32.2. The number of carbonyl (C=O) groups excluding carboxylic acids is 1. The maximum Gasteiger partial charge on any atom is 0.236 e. The fourth-order valence-electron chi connectivity index (χ4n) is 1.74. The quantitative estimate of drug-likeness (QED) is 0.551. The number of anilines is 2. The zero-order chi connectivity index (χ0) is 16.2. The molecule has 2 heterocycles. The van der Waals surface area contributed by atoms with E-state index < -0.39 is 0 Å². The van der Waals surface area contributed by atoms with Crippen LogP contribution in [0.1, 0.15) is 5.56 Å². The first-order valence-electron chi connectivity index (χ1n) is 6.46. The van der Waals surface area contributed by atoms with Crippen LogP contribution in [0.3, 0.4) is 0 Å². The van der Waals surface area contributed by atoms with Crippen molar-refractivity contribution < 1.29 is 4.79 Å². The number of thiazole rings is 1. The Morgan fingerprint density at radius 2 is 2.22 bits per heavy atom. The van der Waals surface area contributed by atoms with Crippen molar-refractivity contribution in [1.82, 2.24) is 15.0 Å². The smallest absolute Gasteiger partial charge is 0.236 e. The molecular weight excluding hydrogens is 332 g/mol. The van der Waals surface area contributed by atoms with Gasteiger partial charge in [-0.15, -0.1) is 0 Å². The number of hydrogen-bond donors (Lipinski definition) is 2. The second-order valence-electron chi connectivity index (χ2n) is 4.39. The predicted octanol–water partition coefficient (Wildman–Crippen LogP) is 2.27. The lowest BCUT2D eigenvalue weighted by atomic mass is 10.3. The van der Waals surface area contributed by atoms with Crippen molar-refractivity contribution in [2.24, 2.45) is 0 Å². The Bertz CT molecular complexity index is 884. The van der Waals surface area contributed by atoms with Gasteiger partial charge in [0, 0.05) is 0 Å². The van der Waals surface area contributed by atoms with E-state index in [0.717, 1.165) is 22.0 Å². The number of nitrogen functional groups attached to an aromatic ring is 1. The number of nitriles is 1. The van der Waals surface area contributed by atoms with E-state index in [4.69, 9.17) is 11.0 Å². The SMILES string of the molecule is N#Cc1cnc(SCC(=O)Nc2nc3ccccc3s2)nc1N. The van der Waals surface area contributed by atoms with Crippen LogP contribution in [0, 0.1) is 11.3 Å². The van der Waals surface area contributed by atoms with Crippen LogP contribution in [0.25, 0.3) is 10.2 Å². The van der Waals surface area contributed by atoms with Gasteiger partial charge in [0.1, 0.15) is 17.5 Å². The Morgan fingerprint density at radius 1 is 1.39 bits per heavy atom. The second kappa shape index (κ2) is 6.60. The van der Waals surface area contributed by atoms with Crippen LogP contribution in [0.15, 0.2) is 35.6 Å². The van der Waals surface area contributed by atoms with Crippen LogP contribution in [-0.2, 0) is 4.79 Å². The molecule has 0 saturated heterocycles. The third-order valence-corrected chi connectivity index (χ3v) is 4.60. The molecule has 3 N–H and O–H groups in total. The molecule has 0 aliphatic carbocycles. The number of nitrogens with zero attached hydrogens (tertiary/aromatic N) is 4. The number of nitrogens with two attached hydrogens (primary N) is 1. The molecule has 0 unspecified atom stereocenters.